The van der Waals surface area contributed by atoms with E-state index < -0.39 is 0 Å². The van der Waals surface area contributed by atoms with Crippen molar-refractivity contribution in [2.45, 2.75) is 13.0 Å². The fourth-order valence-corrected chi connectivity index (χ4v) is 2.20. The Morgan fingerprint density at radius 1 is 1.40 bits per heavy atom. The molecule has 0 aliphatic rings. The van der Waals surface area contributed by atoms with Crippen molar-refractivity contribution in [2.75, 3.05) is 5.73 Å². The fourth-order valence-electron chi connectivity index (χ4n) is 2.20. The maximum Gasteiger partial charge on any atom is 0.201 e. The van der Waals surface area contributed by atoms with Crippen LogP contribution in [0, 0.1) is 11.3 Å². The minimum Gasteiger partial charge on any atom is -0.369 e. The van der Waals surface area contributed by atoms with E-state index in [0.29, 0.717) is 30.0 Å². The molecule has 0 aliphatic heterocycles. The Kier molecular flexibility index (Phi) is 2.84. The molecule has 0 fully saturated rings. The maximum atomic E-state index is 9.08. The summed E-state index contributed by atoms with van der Waals surface area (Å²) in [6, 6.07) is 7.60. The lowest BCUT2D eigenvalue weighted by molar-refractivity contribution is 0.677. The first-order valence-electron chi connectivity index (χ1n) is 6.18. The van der Waals surface area contributed by atoms with E-state index in [4.69, 9.17) is 11.0 Å². The Labute approximate surface area is 115 Å². The van der Waals surface area contributed by atoms with Crippen molar-refractivity contribution < 1.29 is 0 Å². The van der Waals surface area contributed by atoms with Crippen LogP contribution in [0.3, 0.4) is 0 Å². The van der Waals surface area contributed by atoms with E-state index in [-0.39, 0.29) is 0 Å². The molecule has 2 aromatic heterocycles. The number of aryl methyl sites for hydroxylation is 3. The van der Waals surface area contributed by atoms with Crippen molar-refractivity contribution in [2.24, 2.45) is 7.05 Å². The van der Waals surface area contributed by atoms with Crippen LogP contribution in [0.1, 0.15) is 11.4 Å². The molecule has 3 rings (SSSR count). The largest absolute Gasteiger partial charge is 0.369 e. The molecule has 0 saturated heterocycles. The first-order valence-corrected chi connectivity index (χ1v) is 6.18. The van der Waals surface area contributed by atoms with E-state index in [9.17, 15) is 0 Å². The van der Waals surface area contributed by atoms with Gasteiger partial charge in [0, 0.05) is 20.0 Å². The van der Waals surface area contributed by atoms with Gasteiger partial charge in [0.2, 0.25) is 5.95 Å². The Bertz CT molecular complexity index is 806. The average Bonchev–Trinajstić information content (AvgIpc) is 2.99. The number of para-hydroxylation sites is 1. The van der Waals surface area contributed by atoms with Crippen LogP contribution >= 0.6 is 0 Å². The number of nitrogen functional groups attached to an aromatic ring is 1. The molecule has 0 amide bonds. The maximum absolute atomic E-state index is 9.08. The molecular weight excluding hydrogens is 254 g/mol. The number of nitrogens with zero attached hydrogens (tertiary/aromatic N) is 6. The minimum atomic E-state index is 0.402. The van der Waals surface area contributed by atoms with E-state index in [1.165, 1.54) is 0 Å². The smallest absolute Gasteiger partial charge is 0.201 e. The molecule has 2 heterocycles. The molecule has 1 aromatic carbocycles. The zero-order chi connectivity index (χ0) is 14.1. The number of rotatable bonds is 3. The molecule has 0 spiro atoms. The van der Waals surface area contributed by atoms with Gasteiger partial charge >= 0.3 is 0 Å². The average molecular weight is 267 g/mol. The van der Waals surface area contributed by atoms with Crippen molar-refractivity contribution >= 4 is 17.0 Å². The predicted molar refractivity (Wildman–Crippen MR) is 73.6 cm³/mol. The molecule has 0 bridgehead atoms. The summed E-state index contributed by atoms with van der Waals surface area (Å²) in [4.78, 5) is 8.46. The van der Waals surface area contributed by atoms with E-state index in [0.717, 1.165) is 11.3 Å². The zero-order valence-corrected chi connectivity index (χ0v) is 11.0. The van der Waals surface area contributed by atoms with Gasteiger partial charge in [-0.1, -0.05) is 6.07 Å². The monoisotopic (exact) mass is 267 g/mol. The summed E-state index contributed by atoms with van der Waals surface area (Å²) in [5.41, 5.74) is 7.97. The highest BCUT2D eigenvalue weighted by Gasteiger charge is 2.11. The highest BCUT2D eigenvalue weighted by atomic mass is 15.3. The van der Waals surface area contributed by atoms with Crippen LogP contribution in [-0.4, -0.2) is 24.3 Å². The second-order valence-electron chi connectivity index (χ2n) is 4.49. The van der Waals surface area contributed by atoms with Crippen LogP contribution in [0.5, 0.6) is 0 Å². The van der Waals surface area contributed by atoms with Crippen LogP contribution in [0.2, 0.25) is 0 Å². The first-order chi connectivity index (χ1) is 9.69. The van der Waals surface area contributed by atoms with Gasteiger partial charge in [-0.25, -0.2) is 9.97 Å². The molecule has 7 nitrogen and oxygen atoms in total. The summed E-state index contributed by atoms with van der Waals surface area (Å²) < 4.78 is 3.55. The fraction of sp³-hybridized carbons (Fsp3) is 0.231. The normalized spacial score (nSPS) is 10.8. The van der Waals surface area contributed by atoms with Gasteiger partial charge in [-0.05, 0) is 12.1 Å². The number of imidazole rings is 1. The topological polar surface area (TPSA) is 98.3 Å². The molecule has 2 N–H and O–H groups in total. The third-order valence-electron chi connectivity index (χ3n) is 3.13. The number of fused-ring (bicyclic) bond motifs is 1. The third kappa shape index (κ3) is 1.97. The summed E-state index contributed by atoms with van der Waals surface area (Å²) in [7, 11) is 1.83. The van der Waals surface area contributed by atoms with Gasteiger partial charge in [0.1, 0.15) is 17.9 Å². The second kappa shape index (κ2) is 4.66. The van der Waals surface area contributed by atoms with Gasteiger partial charge in [0.25, 0.3) is 0 Å². The zero-order valence-electron chi connectivity index (χ0n) is 11.0. The standard InChI is InChI=1S/C13H13N7/c1-19-8-16-11(18-19)5-6-20-10-4-2-3-9(7-14)12(10)17-13(20)15/h2-4,8H,5-6H2,1H3,(H2,15,17). The third-order valence-corrected chi connectivity index (χ3v) is 3.13. The Morgan fingerprint density at radius 3 is 2.95 bits per heavy atom. The van der Waals surface area contributed by atoms with E-state index in [2.05, 4.69) is 21.1 Å². The molecular formula is C13H13N7. The van der Waals surface area contributed by atoms with E-state index in [1.54, 1.807) is 17.1 Å². The van der Waals surface area contributed by atoms with Crippen molar-refractivity contribution in [3.8, 4) is 6.07 Å². The summed E-state index contributed by atoms with van der Waals surface area (Å²) >= 11 is 0. The highest BCUT2D eigenvalue weighted by molar-refractivity contribution is 5.83. The Hall–Kier alpha value is -2.88. The van der Waals surface area contributed by atoms with E-state index in [1.807, 2.05) is 23.7 Å². The van der Waals surface area contributed by atoms with Gasteiger partial charge < -0.3 is 10.3 Å². The van der Waals surface area contributed by atoms with Gasteiger partial charge in [-0.3, -0.25) is 4.68 Å². The Morgan fingerprint density at radius 2 is 2.25 bits per heavy atom. The number of nitrogens with two attached hydrogens (primary N) is 1. The summed E-state index contributed by atoms with van der Waals surface area (Å²) in [6.45, 7) is 0.626. The lowest BCUT2D eigenvalue weighted by atomic mass is 10.2. The lowest BCUT2D eigenvalue weighted by Crippen LogP contribution is -2.06. The van der Waals surface area contributed by atoms with Crippen LogP contribution in [0.15, 0.2) is 24.5 Å². The van der Waals surface area contributed by atoms with Crippen LogP contribution in [-0.2, 0) is 20.0 Å². The van der Waals surface area contributed by atoms with Gasteiger partial charge in [-0.15, -0.1) is 0 Å². The SMILES string of the molecule is Cn1cnc(CCn2c(N)nc3c(C#N)cccc32)n1. The van der Waals surface area contributed by atoms with Gasteiger partial charge in [0.05, 0.1) is 11.1 Å². The van der Waals surface area contributed by atoms with Crippen LogP contribution in [0.4, 0.5) is 5.95 Å². The number of hydrogen-bond acceptors (Lipinski definition) is 5. The van der Waals surface area contributed by atoms with Gasteiger partial charge in [0.15, 0.2) is 5.82 Å². The number of aromatic nitrogens is 5. The van der Waals surface area contributed by atoms with Crippen LogP contribution < -0.4 is 5.73 Å². The summed E-state index contributed by atoms with van der Waals surface area (Å²) in [5.74, 6) is 1.16. The molecule has 3 aromatic rings. The molecule has 100 valence electrons. The van der Waals surface area contributed by atoms with Crippen molar-refractivity contribution in [1.82, 2.24) is 24.3 Å². The van der Waals surface area contributed by atoms with Crippen LogP contribution in [0.25, 0.3) is 11.0 Å². The second-order valence-corrected chi connectivity index (χ2v) is 4.49. The molecule has 7 heteroatoms. The number of anilines is 1. The molecule has 0 aliphatic carbocycles. The first kappa shape index (κ1) is 12.2. The molecule has 0 saturated carbocycles. The Balaban J connectivity index is 1.95. The quantitative estimate of drug-likeness (QED) is 0.759. The van der Waals surface area contributed by atoms with E-state index >= 15 is 0 Å². The minimum absolute atomic E-state index is 0.402. The number of hydrogen-bond donors (Lipinski definition) is 1. The summed E-state index contributed by atoms with van der Waals surface area (Å²) in [5, 5.41) is 13.3. The lowest BCUT2D eigenvalue weighted by Gasteiger charge is -2.04. The predicted octanol–water partition coefficient (Wildman–Crippen LogP) is 0.861. The highest BCUT2D eigenvalue weighted by Crippen LogP contribution is 2.21. The number of benzene rings is 1. The van der Waals surface area contributed by atoms with Crippen molar-refractivity contribution in [3.63, 3.8) is 0 Å². The molecule has 0 atom stereocenters. The molecule has 0 unspecified atom stereocenters. The van der Waals surface area contributed by atoms with Gasteiger partial charge in [-0.2, -0.15) is 10.4 Å². The molecule has 20 heavy (non-hydrogen) atoms. The number of nitriles is 1. The molecule has 0 radical (unpaired) electrons. The van der Waals surface area contributed by atoms with Crippen molar-refractivity contribution in [3.05, 3.63) is 35.9 Å². The summed E-state index contributed by atoms with van der Waals surface area (Å²) in [6.07, 6.45) is 2.33. The van der Waals surface area contributed by atoms with Crippen molar-refractivity contribution in [1.29, 1.82) is 5.26 Å².